The second-order valence-electron chi connectivity index (χ2n) is 7.28. The number of nitrogens with zero attached hydrogens (tertiary/aromatic N) is 3. The second kappa shape index (κ2) is 9.28. The number of aromatic nitrogens is 1. The van der Waals surface area contributed by atoms with Gasteiger partial charge in [0.25, 0.3) is 11.7 Å². The third kappa shape index (κ3) is 4.32. The minimum absolute atomic E-state index is 0.00146. The minimum Gasteiger partial charge on any atom is -0.507 e. The number of amides is 1. The Bertz CT molecular complexity index is 976. The first-order chi connectivity index (χ1) is 14.3. The third-order valence-electron chi connectivity index (χ3n) is 4.96. The van der Waals surface area contributed by atoms with E-state index in [9.17, 15) is 14.7 Å². The van der Waals surface area contributed by atoms with E-state index in [0.29, 0.717) is 29.3 Å². The fourth-order valence-corrected chi connectivity index (χ4v) is 3.73. The zero-order valence-electron chi connectivity index (χ0n) is 17.1. The summed E-state index contributed by atoms with van der Waals surface area (Å²) < 4.78 is 5.32. The predicted octanol–water partition coefficient (Wildman–Crippen LogP) is 3.12. The molecule has 30 heavy (non-hydrogen) atoms. The van der Waals surface area contributed by atoms with Crippen molar-refractivity contribution < 1.29 is 19.4 Å². The average Bonchev–Trinajstić information content (AvgIpc) is 2.98. The van der Waals surface area contributed by atoms with Crippen LogP contribution in [-0.2, 0) is 9.59 Å². The number of likely N-dealkylation sites (tertiary alicyclic amines) is 1. The predicted molar refractivity (Wildman–Crippen MR) is 114 cm³/mol. The lowest BCUT2D eigenvalue weighted by molar-refractivity contribution is -0.139. The number of carbonyl (C=O) groups is 2. The lowest BCUT2D eigenvalue weighted by atomic mass is 9.96. The van der Waals surface area contributed by atoms with E-state index >= 15 is 0 Å². The van der Waals surface area contributed by atoms with Crippen LogP contribution >= 0.6 is 11.6 Å². The first-order valence-electron chi connectivity index (χ1n) is 9.52. The summed E-state index contributed by atoms with van der Waals surface area (Å²) in [4.78, 5) is 33.5. The van der Waals surface area contributed by atoms with E-state index in [1.807, 2.05) is 19.0 Å². The van der Waals surface area contributed by atoms with Crippen molar-refractivity contribution in [2.75, 3.05) is 34.3 Å². The Balaban J connectivity index is 2.13. The topological polar surface area (TPSA) is 83.0 Å². The highest BCUT2D eigenvalue weighted by Gasteiger charge is 2.46. The van der Waals surface area contributed by atoms with Gasteiger partial charge in [0.05, 0.1) is 24.3 Å². The molecule has 1 aromatic carbocycles. The summed E-state index contributed by atoms with van der Waals surface area (Å²) in [6, 6.07) is 7.50. The van der Waals surface area contributed by atoms with Crippen molar-refractivity contribution in [1.29, 1.82) is 0 Å². The Morgan fingerprint density at radius 3 is 2.70 bits per heavy atom. The van der Waals surface area contributed by atoms with E-state index in [0.717, 1.165) is 6.54 Å². The van der Waals surface area contributed by atoms with E-state index in [4.69, 9.17) is 16.3 Å². The monoisotopic (exact) mass is 429 g/mol. The molecule has 0 aliphatic carbocycles. The number of ether oxygens (including phenoxy) is 1. The molecule has 1 aliphatic heterocycles. The zero-order chi connectivity index (χ0) is 21.8. The molecule has 2 aromatic rings. The molecule has 1 aliphatic rings. The number of Topliss-reactive ketones (excluding diaryl/α,β-unsaturated/α-hetero) is 1. The highest BCUT2D eigenvalue weighted by Crippen LogP contribution is 2.41. The van der Waals surface area contributed by atoms with Crippen molar-refractivity contribution in [1.82, 2.24) is 14.8 Å². The maximum Gasteiger partial charge on any atom is 0.295 e. The number of aliphatic hydroxyl groups is 1. The summed E-state index contributed by atoms with van der Waals surface area (Å²) in [6.45, 7) is 1.12. The number of aliphatic hydroxyl groups excluding tert-OH is 1. The molecule has 0 saturated carbocycles. The SMILES string of the molecule is COc1ccc(Cl)cc1C(O)=C1C(=O)C(=O)N(CCCN(C)C)[C@@H]1c1cccnc1. The van der Waals surface area contributed by atoms with Crippen molar-refractivity contribution >= 4 is 29.1 Å². The van der Waals surface area contributed by atoms with Crippen LogP contribution in [0.15, 0.2) is 48.3 Å². The van der Waals surface area contributed by atoms with E-state index in [-0.39, 0.29) is 16.9 Å². The van der Waals surface area contributed by atoms with Gasteiger partial charge in [-0.2, -0.15) is 0 Å². The lowest BCUT2D eigenvalue weighted by Crippen LogP contribution is -2.32. The summed E-state index contributed by atoms with van der Waals surface area (Å²) in [5, 5.41) is 11.5. The van der Waals surface area contributed by atoms with Crippen molar-refractivity contribution in [2.24, 2.45) is 0 Å². The zero-order valence-corrected chi connectivity index (χ0v) is 17.9. The average molecular weight is 430 g/mol. The van der Waals surface area contributed by atoms with Gasteiger partial charge in [-0.25, -0.2) is 0 Å². The van der Waals surface area contributed by atoms with Gasteiger partial charge in [0, 0.05) is 24.0 Å². The smallest absolute Gasteiger partial charge is 0.295 e. The molecular weight excluding hydrogens is 406 g/mol. The molecule has 1 fully saturated rings. The summed E-state index contributed by atoms with van der Waals surface area (Å²) >= 11 is 6.10. The number of methoxy groups -OCH3 is 1. The van der Waals surface area contributed by atoms with Gasteiger partial charge in [0.1, 0.15) is 11.5 Å². The quantitative estimate of drug-likeness (QED) is 0.413. The molecule has 0 bridgehead atoms. The second-order valence-corrected chi connectivity index (χ2v) is 7.72. The summed E-state index contributed by atoms with van der Waals surface area (Å²) in [5.74, 6) is -1.37. The van der Waals surface area contributed by atoms with E-state index < -0.39 is 17.7 Å². The fourth-order valence-electron chi connectivity index (χ4n) is 3.56. The highest BCUT2D eigenvalue weighted by molar-refractivity contribution is 6.46. The van der Waals surface area contributed by atoms with Crippen LogP contribution in [-0.4, -0.2) is 65.9 Å². The largest absolute Gasteiger partial charge is 0.507 e. The summed E-state index contributed by atoms with van der Waals surface area (Å²) in [5.41, 5.74) is 0.896. The van der Waals surface area contributed by atoms with Crippen molar-refractivity contribution in [3.63, 3.8) is 0 Å². The number of ketones is 1. The maximum atomic E-state index is 13.0. The van der Waals surface area contributed by atoms with Gasteiger partial charge in [-0.1, -0.05) is 17.7 Å². The first kappa shape index (κ1) is 21.8. The Hall–Kier alpha value is -2.90. The molecule has 1 atom stereocenters. The van der Waals surface area contributed by atoms with Crippen LogP contribution in [0.4, 0.5) is 0 Å². The van der Waals surface area contributed by atoms with Crippen LogP contribution < -0.4 is 4.74 Å². The molecular formula is C22H24ClN3O4. The van der Waals surface area contributed by atoms with Gasteiger partial charge in [-0.3, -0.25) is 14.6 Å². The van der Waals surface area contributed by atoms with Crippen LogP contribution in [0.25, 0.3) is 5.76 Å². The van der Waals surface area contributed by atoms with E-state index in [1.54, 1.807) is 36.7 Å². The minimum atomic E-state index is -0.746. The standard InChI is InChI=1S/C22H24ClN3O4/c1-25(2)10-5-11-26-19(14-6-4-9-24-13-14)18(21(28)22(26)29)20(27)16-12-15(23)7-8-17(16)30-3/h4,6-9,12-13,19,27H,5,10-11H2,1-3H3/t19-/m1/s1. The number of benzene rings is 1. The van der Waals surface area contributed by atoms with Crippen molar-refractivity contribution in [2.45, 2.75) is 12.5 Å². The van der Waals surface area contributed by atoms with Crippen LogP contribution in [0.2, 0.25) is 5.02 Å². The number of rotatable bonds is 7. The molecule has 0 radical (unpaired) electrons. The summed E-state index contributed by atoms with van der Waals surface area (Å²) in [7, 11) is 5.34. The Morgan fingerprint density at radius 1 is 1.30 bits per heavy atom. The van der Waals surface area contributed by atoms with Gasteiger partial charge >= 0.3 is 0 Å². The number of hydrogen-bond acceptors (Lipinski definition) is 6. The molecule has 7 nitrogen and oxygen atoms in total. The molecule has 3 rings (SSSR count). The molecule has 1 N–H and O–H groups in total. The van der Waals surface area contributed by atoms with Gasteiger partial charge in [0.2, 0.25) is 0 Å². The maximum absolute atomic E-state index is 13.0. The van der Waals surface area contributed by atoms with E-state index in [2.05, 4.69) is 4.98 Å². The molecule has 1 aromatic heterocycles. The normalized spacial score (nSPS) is 18.3. The van der Waals surface area contributed by atoms with Crippen LogP contribution in [0.1, 0.15) is 23.6 Å². The number of hydrogen-bond donors (Lipinski definition) is 1. The lowest BCUT2D eigenvalue weighted by Gasteiger charge is -2.25. The Labute approximate surface area is 180 Å². The molecule has 1 amide bonds. The van der Waals surface area contributed by atoms with Gasteiger partial charge in [-0.05, 0) is 56.9 Å². The first-order valence-corrected chi connectivity index (χ1v) is 9.90. The van der Waals surface area contributed by atoms with Gasteiger partial charge in [-0.15, -0.1) is 0 Å². The Morgan fingerprint density at radius 2 is 2.07 bits per heavy atom. The van der Waals surface area contributed by atoms with E-state index in [1.165, 1.54) is 18.1 Å². The molecule has 8 heteroatoms. The molecule has 2 heterocycles. The molecule has 0 spiro atoms. The molecule has 0 unspecified atom stereocenters. The third-order valence-corrected chi connectivity index (χ3v) is 5.20. The van der Waals surface area contributed by atoms with Gasteiger partial charge in [0.15, 0.2) is 0 Å². The van der Waals surface area contributed by atoms with Crippen LogP contribution in [0, 0.1) is 0 Å². The molecule has 158 valence electrons. The number of halogens is 1. The van der Waals surface area contributed by atoms with Gasteiger partial charge < -0.3 is 19.6 Å². The van der Waals surface area contributed by atoms with Crippen molar-refractivity contribution in [3.8, 4) is 5.75 Å². The summed E-state index contributed by atoms with van der Waals surface area (Å²) in [6.07, 6.45) is 3.89. The van der Waals surface area contributed by atoms with Crippen LogP contribution in [0.3, 0.4) is 0 Å². The molecule has 1 saturated heterocycles. The number of pyridine rings is 1. The highest BCUT2D eigenvalue weighted by atomic mass is 35.5. The van der Waals surface area contributed by atoms with Crippen LogP contribution in [0.5, 0.6) is 5.75 Å². The number of carbonyl (C=O) groups excluding carboxylic acids is 2. The van der Waals surface area contributed by atoms with Crippen molar-refractivity contribution in [3.05, 3.63) is 64.4 Å². The Kier molecular flexibility index (Phi) is 6.74. The fraction of sp³-hybridized carbons (Fsp3) is 0.318.